The van der Waals surface area contributed by atoms with Gasteiger partial charge >= 0.3 is 30.0 Å². The average molecular weight is 611 g/mol. The lowest BCUT2D eigenvalue weighted by molar-refractivity contribution is -0.354. The fraction of sp³-hybridized carbons (Fsp3) is 0.633. The number of hydrogen-bond donors (Lipinski definition) is 1. The van der Waals surface area contributed by atoms with Crippen molar-refractivity contribution in [1.82, 2.24) is 0 Å². The van der Waals surface area contributed by atoms with Crippen molar-refractivity contribution < 1.29 is 62.2 Å². The summed E-state index contributed by atoms with van der Waals surface area (Å²) in [6.07, 6.45) is -7.21. The van der Waals surface area contributed by atoms with Gasteiger partial charge in [-0.15, -0.1) is 0 Å². The van der Waals surface area contributed by atoms with E-state index in [9.17, 15) is 29.1 Å². The van der Waals surface area contributed by atoms with Crippen LogP contribution in [-0.2, 0) is 47.6 Å². The number of carbonyl (C=O) groups excluding carboxylic acids is 5. The van der Waals surface area contributed by atoms with Crippen molar-refractivity contribution in [2.24, 2.45) is 0 Å². The highest BCUT2D eigenvalue weighted by atomic mass is 16.7. The van der Waals surface area contributed by atoms with Gasteiger partial charge in [-0.3, -0.25) is 19.2 Å². The molecule has 1 aliphatic rings. The minimum absolute atomic E-state index is 0.0302. The molecule has 0 radical (unpaired) electrons. The molecule has 5 atom stereocenters. The lowest BCUT2D eigenvalue weighted by atomic mass is 9.89. The zero-order chi connectivity index (χ0) is 32.5. The van der Waals surface area contributed by atoms with Gasteiger partial charge in [0, 0.05) is 34.1 Å². The van der Waals surface area contributed by atoms with E-state index in [4.69, 9.17) is 33.2 Å². The molecule has 13 nitrogen and oxygen atoms in total. The molecule has 1 heterocycles. The second-order valence-electron chi connectivity index (χ2n) is 10.9. The van der Waals surface area contributed by atoms with Crippen LogP contribution in [0.15, 0.2) is 18.2 Å². The Morgan fingerprint density at radius 2 is 1.35 bits per heavy atom. The van der Waals surface area contributed by atoms with Crippen LogP contribution in [0.25, 0.3) is 0 Å². The fourth-order valence-electron chi connectivity index (χ4n) is 4.75. The highest BCUT2D eigenvalue weighted by molar-refractivity contribution is 5.69. The number of aliphatic hydroxyl groups is 1. The second kappa shape index (κ2) is 15.7. The largest absolute Gasteiger partial charge is 0.513 e. The van der Waals surface area contributed by atoms with Crippen LogP contribution in [0, 0.1) is 0 Å². The van der Waals surface area contributed by atoms with Gasteiger partial charge in [0.15, 0.2) is 18.3 Å². The lowest BCUT2D eigenvalue weighted by Gasteiger charge is -2.48. The van der Waals surface area contributed by atoms with Crippen molar-refractivity contribution in [3.8, 4) is 5.75 Å². The van der Waals surface area contributed by atoms with Crippen LogP contribution in [-0.4, -0.2) is 78.6 Å². The zero-order valence-electron chi connectivity index (χ0n) is 25.9. The maximum absolute atomic E-state index is 12.7. The Morgan fingerprint density at radius 1 is 0.814 bits per heavy atom. The molecule has 2 rings (SSSR count). The molecule has 1 saturated heterocycles. The van der Waals surface area contributed by atoms with Gasteiger partial charge in [0.05, 0.1) is 6.61 Å². The monoisotopic (exact) mass is 610 g/mol. The smallest absolute Gasteiger partial charge is 0.463 e. The Labute approximate surface area is 251 Å². The van der Waals surface area contributed by atoms with Crippen molar-refractivity contribution in [3.63, 3.8) is 0 Å². The fourth-order valence-corrected chi connectivity index (χ4v) is 4.75. The Bertz CT molecular complexity index is 1130. The van der Waals surface area contributed by atoms with Gasteiger partial charge in [0.25, 0.3) is 0 Å². The summed E-state index contributed by atoms with van der Waals surface area (Å²) in [6, 6.07) is 5.65. The maximum Gasteiger partial charge on any atom is 0.513 e. The summed E-state index contributed by atoms with van der Waals surface area (Å²) in [5.74, 6) is -4.91. The number of esters is 4. The van der Waals surface area contributed by atoms with Crippen molar-refractivity contribution in [2.75, 3.05) is 13.2 Å². The number of benzene rings is 1. The molecule has 1 aliphatic heterocycles. The zero-order valence-corrected chi connectivity index (χ0v) is 25.9. The summed E-state index contributed by atoms with van der Waals surface area (Å²) in [5, 5.41) is 11.6. The summed E-state index contributed by atoms with van der Waals surface area (Å²) >= 11 is 0. The molecule has 240 valence electrons. The summed E-state index contributed by atoms with van der Waals surface area (Å²) in [5.41, 5.74) is 1.69. The van der Waals surface area contributed by atoms with Crippen LogP contribution in [0.1, 0.15) is 91.2 Å². The molecule has 13 heteroatoms. The summed E-state index contributed by atoms with van der Waals surface area (Å²) in [4.78, 5) is 60.0. The van der Waals surface area contributed by atoms with Gasteiger partial charge in [-0.25, -0.2) is 4.79 Å². The summed E-state index contributed by atoms with van der Waals surface area (Å²) in [6.45, 7) is 11.6. The number of para-hydroxylation sites is 1. The second-order valence-corrected chi connectivity index (χ2v) is 10.9. The molecular formula is C30H42O13. The molecule has 0 bridgehead atoms. The van der Waals surface area contributed by atoms with Gasteiger partial charge in [0.2, 0.25) is 5.79 Å². The van der Waals surface area contributed by atoms with E-state index in [2.05, 4.69) is 0 Å². The van der Waals surface area contributed by atoms with Crippen LogP contribution in [0.4, 0.5) is 4.79 Å². The molecular weight excluding hydrogens is 568 g/mol. The first-order valence-corrected chi connectivity index (χ1v) is 14.1. The van der Waals surface area contributed by atoms with E-state index in [0.717, 1.165) is 38.8 Å². The Hall–Kier alpha value is -3.71. The molecule has 43 heavy (non-hydrogen) atoms. The van der Waals surface area contributed by atoms with Gasteiger partial charge in [0.1, 0.15) is 18.5 Å². The van der Waals surface area contributed by atoms with Crippen LogP contribution < -0.4 is 4.74 Å². The standard InChI is InChI=1S/C30H42O13/c1-16(2)22-11-9-12-23(17(3)4)25(22)42-29(35)37-14-10-13-30(36)28(41-21(8)34)27(40-20(7)33)26(39-19(6)32)24(43-30)15-38-18(5)31/h9,11-12,16-17,24,26-28,36H,10,13-15H2,1-8H3/t24-,26-,27+,28-,30-/m1/s1. The first-order chi connectivity index (χ1) is 20.1. The SMILES string of the molecule is CC(=O)OC[C@H]1O[C@](O)(CCCOC(=O)Oc2c(C(C)C)cccc2C(C)C)[C@H](OC(C)=O)[C@@H](OC(C)=O)[C@@H]1OC(C)=O. The van der Waals surface area contributed by atoms with Gasteiger partial charge in [-0.1, -0.05) is 45.9 Å². The molecule has 0 saturated carbocycles. The Balaban J connectivity index is 2.26. The third-order valence-electron chi connectivity index (χ3n) is 6.54. The first-order valence-electron chi connectivity index (χ1n) is 14.1. The lowest BCUT2D eigenvalue weighted by Crippen LogP contribution is -2.68. The molecule has 0 spiro atoms. The molecule has 1 N–H and O–H groups in total. The van der Waals surface area contributed by atoms with Crippen LogP contribution >= 0.6 is 0 Å². The highest BCUT2D eigenvalue weighted by Gasteiger charge is 2.59. The van der Waals surface area contributed by atoms with Crippen LogP contribution in [0.2, 0.25) is 0 Å². The molecule has 1 aromatic rings. The van der Waals surface area contributed by atoms with Gasteiger partial charge in [-0.2, -0.15) is 0 Å². The molecule has 1 fully saturated rings. The predicted molar refractivity (Wildman–Crippen MR) is 149 cm³/mol. The van der Waals surface area contributed by atoms with Crippen molar-refractivity contribution >= 4 is 30.0 Å². The highest BCUT2D eigenvalue weighted by Crippen LogP contribution is 2.38. The van der Waals surface area contributed by atoms with Crippen LogP contribution in [0.5, 0.6) is 5.75 Å². The Morgan fingerprint density at radius 3 is 1.84 bits per heavy atom. The minimum atomic E-state index is -2.34. The molecule has 0 aliphatic carbocycles. The third-order valence-corrected chi connectivity index (χ3v) is 6.54. The third kappa shape index (κ3) is 10.2. The van der Waals surface area contributed by atoms with E-state index in [1.807, 2.05) is 45.9 Å². The average Bonchev–Trinajstić information content (AvgIpc) is 2.88. The number of hydrogen-bond acceptors (Lipinski definition) is 13. The summed E-state index contributed by atoms with van der Waals surface area (Å²) in [7, 11) is 0. The van der Waals surface area contributed by atoms with Crippen molar-refractivity contribution in [1.29, 1.82) is 0 Å². The van der Waals surface area contributed by atoms with Gasteiger partial charge < -0.3 is 38.3 Å². The van der Waals surface area contributed by atoms with Crippen molar-refractivity contribution in [3.05, 3.63) is 29.3 Å². The first kappa shape index (κ1) is 35.5. The maximum atomic E-state index is 12.7. The van der Waals surface area contributed by atoms with E-state index in [0.29, 0.717) is 5.75 Å². The predicted octanol–water partition coefficient (Wildman–Crippen LogP) is 3.67. The van der Waals surface area contributed by atoms with E-state index in [-0.39, 0.29) is 31.3 Å². The van der Waals surface area contributed by atoms with Gasteiger partial charge in [-0.05, 0) is 29.4 Å². The molecule has 0 unspecified atom stereocenters. The minimum Gasteiger partial charge on any atom is -0.463 e. The van der Waals surface area contributed by atoms with E-state index < -0.39 is 66.8 Å². The number of carbonyl (C=O) groups is 5. The molecule has 0 aromatic heterocycles. The normalized spacial score (nSPS) is 23.3. The van der Waals surface area contributed by atoms with E-state index in [1.165, 1.54) is 0 Å². The molecule has 0 amide bonds. The van der Waals surface area contributed by atoms with E-state index in [1.54, 1.807) is 0 Å². The Kier molecular flexibility index (Phi) is 12.9. The molecule has 1 aromatic carbocycles. The van der Waals surface area contributed by atoms with Crippen LogP contribution in [0.3, 0.4) is 0 Å². The number of ether oxygens (including phenoxy) is 7. The number of rotatable bonds is 12. The topological polar surface area (TPSA) is 170 Å². The quantitative estimate of drug-likeness (QED) is 0.157. The summed E-state index contributed by atoms with van der Waals surface area (Å²) < 4.78 is 37.7. The van der Waals surface area contributed by atoms with E-state index >= 15 is 0 Å². The van der Waals surface area contributed by atoms with Crippen molar-refractivity contribution in [2.45, 2.75) is 110 Å².